The van der Waals surface area contributed by atoms with Gasteiger partial charge in [-0.2, -0.15) is 4.99 Å². The summed E-state index contributed by atoms with van der Waals surface area (Å²) in [5.74, 6) is 0.337. The first-order chi connectivity index (χ1) is 7.50. The van der Waals surface area contributed by atoms with E-state index in [-0.39, 0.29) is 18.1 Å². The molecule has 2 amide bonds. The van der Waals surface area contributed by atoms with E-state index in [1.807, 2.05) is 26.2 Å². The average molecular weight is 238 g/mol. The van der Waals surface area contributed by atoms with E-state index in [1.165, 1.54) is 0 Å². The molecule has 2 rings (SSSR count). The van der Waals surface area contributed by atoms with Crippen LogP contribution >= 0.6 is 11.3 Å². The molecule has 1 aliphatic rings. The van der Waals surface area contributed by atoms with Crippen LogP contribution in [-0.2, 0) is 0 Å². The number of hydrogen-bond acceptors (Lipinski definition) is 4. The first kappa shape index (κ1) is 11.1. The van der Waals surface area contributed by atoms with Gasteiger partial charge in [-0.15, -0.1) is 11.3 Å². The van der Waals surface area contributed by atoms with E-state index in [9.17, 15) is 4.79 Å². The second-order valence-electron chi connectivity index (χ2n) is 4.01. The number of rotatable bonds is 2. The van der Waals surface area contributed by atoms with Crippen molar-refractivity contribution in [2.75, 3.05) is 0 Å². The number of thiazole rings is 1. The Balaban J connectivity index is 2.38. The zero-order chi connectivity index (χ0) is 11.9. The van der Waals surface area contributed by atoms with Crippen LogP contribution in [-0.4, -0.2) is 27.8 Å². The predicted octanol–water partition coefficient (Wildman–Crippen LogP) is 1.69. The Morgan fingerprint density at radius 2 is 2.25 bits per heavy atom. The fourth-order valence-electron chi connectivity index (χ4n) is 1.80. The zero-order valence-corrected chi connectivity index (χ0v) is 10.3. The van der Waals surface area contributed by atoms with Crippen LogP contribution in [0, 0.1) is 6.92 Å². The normalized spacial score (nSPS) is 20.8. The Morgan fingerprint density at radius 1 is 1.56 bits per heavy atom. The molecule has 0 spiro atoms. The highest BCUT2D eigenvalue weighted by Gasteiger charge is 2.37. The van der Waals surface area contributed by atoms with E-state index in [2.05, 4.69) is 9.98 Å². The van der Waals surface area contributed by atoms with Gasteiger partial charge in [0.2, 0.25) is 0 Å². The van der Waals surface area contributed by atoms with Crippen molar-refractivity contribution in [1.82, 2.24) is 9.88 Å². The van der Waals surface area contributed by atoms with Crippen LogP contribution in [0.2, 0.25) is 0 Å². The number of hydrogen-bond donors (Lipinski definition) is 1. The molecular weight excluding hydrogens is 224 g/mol. The summed E-state index contributed by atoms with van der Waals surface area (Å²) in [6, 6.07) is -0.509. The number of carbonyl (C=O) groups excluding carboxylic acids is 1. The highest BCUT2D eigenvalue weighted by atomic mass is 32.1. The van der Waals surface area contributed by atoms with E-state index in [1.54, 1.807) is 16.2 Å². The Morgan fingerprint density at radius 3 is 2.75 bits per heavy atom. The smallest absolute Gasteiger partial charge is 0.346 e. The molecule has 6 heteroatoms. The van der Waals surface area contributed by atoms with Gasteiger partial charge >= 0.3 is 6.03 Å². The van der Waals surface area contributed by atoms with Crippen LogP contribution in [0.5, 0.6) is 0 Å². The molecule has 0 bridgehead atoms. The van der Waals surface area contributed by atoms with Gasteiger partial charge in [-0.3, -0.25) is 0 Å². The molecule has 0 aliphatic carbocycles. The van der Waals surface area contributed by atoms with Crippen molar-refractivity contribution < 1.29 is 4.79 Å². The minimum absolute atomic E-state index is 0.0595. The van der Waals surface area contributed by atoms with Gasteiger partial charge in [-0.25, -0.2) is 9.78 Å². The number of amides is 2. The summed E-state index contributed by atoms with van der Waals surface area (Å²) in [6.07, 6.45) is 0. The van der Waals surface area contributed by atoms with Crippen molar-refractivity contribution in [2.24, 2.45) is 10.7 Å². The number of nitrogens with zero attached hydrogens (tertiary/aromatic N) is 3. The quantitative estimate of drug-likeness (QED) is 0.852. The van der Waals surface area contributed by atoms with Crippen LogP contribution in [0.3, 0.4) is 0 Å². The van der Waals surface area contributed by atoms with Gasteiger partial charge in [-0.05, 0) is 20.8 Å². The van der Waals surface area contributed by atoms with Crippen molar-refractivity contribution in [1.29, 1.82) is 0 Å². The van der Waals surface area contributed by atoms with Crippen LogP contribution in [0.25, 0.3) is 0 Å². The van der Waals surface area contributed by atoms with E-state index in [0.717, 1.165) is 10.7 Å². The number of nitrogens with two attached hydrogens (primary N) is 1. The van der Waals surface area contributed by atoms with Crippen LogP contribution < -0.4 is 5.73 Å². The zero-order valence-electron chi connectivity index (χ0n) is 9.47. The molecule has 2 N–H and O–H groups in total. The van der Waals surface area contributed by atoms with E-state index < -0.39 is 0 Å². The molecule has 0 radical (unpaired) electrons. The van der Waals surface area contributed by atoms with Gasteiger partial charge in [0, 0.05) is 11.4 Å². The minimum Gasteiger partial charge on any atom is -0.385 e. The summed E-state index contributed by atoms with van der Waals surface area (Å²) in [7, 11) is 0. The van der Waals surface area contributed by atoms with Gasteiger partial charge in [0.25, 0.3) is 0 Å². The number of aromatic nitrogens is 1. The Kier molecular flexibility index (Phi) is 2.67. The largest absolute Gasteiger partial charge is 0.385 e. The van der Waals surface area contributed by atoms with Gasteiger partial charge < -0.3 is 10.6 Å². The standard InChI is InChI=1S/C10H14N4OS/c1-5(2)14-8(9(11)13-10(14)15)7-4-16-6(3)12-7/h4-5,8H,1-3H3,(H2,11,13,15). The maximum Gasteiger partial charge on any atom is 0.346 e. The fourth-order valence-corrected chi connectivity index (χ4v) is 2.43. The van der Waals surface area contributed by atoms with Gasteiger partial charge in [0.1, 0.15) is 11.9 Å². The van der Waals surface area contributed by atoms with Crippen molar-refractivity contribution in [3.8, 4) is 0 Å². The highest BCUT2D eigenvalue weighted by molar-refractivity contribution is 7.09. The lowest BCUT2D eigenvalue weighted by Crippen LogP contribution is -2.38. The van der Waals surface area contributed by atoms with Crippen LogP contribution in [0.4, 0.5) is 4.79 Å². The monoisotopic (exact) mass is 238 g/mol. The minimum atomic E-state index is -0.294. The maximum atomic E-state index is 11.7. The summed E-state index contributed by atoms with van der Waals surface area (Å²) >= 11 is 1.55. The molecule has 0 fully saturated rings. The lowest BCUT2D eigenvalue weighted by atomic mass is 10.1. The average Bonchev–Trinajstić information content (AvgIpc) is 2.69. The first-order valence-electron chi connectivity index (χ1n) is 5.09. The molecule has 0 saturated heterocycles. The molecule has 1 aliphatic heterocycles. The number of aryl methyl sites for hydroxylation is 1. The first-order valence-corrected chi connectivity index (χ1v) is 5.97. The van der Waals surface area contributed by atoms with E-state index in [0.29, 0.717) is 5.84 Å². The van der Waals surface area contributed by atoms with Gasteiger partial charge in [-0.1, -0.05) is 0 Å². The number of aliphatic imine (C=N–C) groups is 1. The number of amidine groups is 1. The highest BCUT2D eigenvalue weighted by Crippen LogP contribution is 2.29. The van der Waals surface area contributed by atoms with Crippen molar-refractivity contribution in [3.05, 3.63) is 16.1 Å². The lowest BCUT2D eigenvalue weighted by Gasteiger charge is -2.26. The molecule has 1 aromatic rings. The topological polar surface area (TPSA) is 71.6 Å². The second kappa shape index (κ2) is 3.86. The molecule has 1 atom stereocenters. The van der Waals surface area contributed by atoms with Gasteiger partial charge in [0.15, 0.2) is 0 Å². The predicted molar refractivity (Wildman–Crippen MR) is 63.6 cm³/mol. The van der Waals surface area contributed by atoms with Crippen molar-refractivity contribution >= 4 is 23.2 Å². The van der Waals surface area contributed by atoms with E-state index >= 15 is 0 Å². The second-order valence-corrected chi connectivity index (χ2v) is 5.08. The molecule has 5 nitrogen and oxygen atoms in total. The molecule has 1 unspecified atom stereocenters. The molecule has 0 saturated carbocycles. The molecule has 16 heavy (non-hydrogen) atoms. The third kappa shape index (κ3) is 1.69. The summed E-state index contributed by atoms with van der Waals surface area (Å²) in [4.78, 5) is 21.5. The third-order valence-electron chi connectivity index (χ3n) is 2.48. The Bertz CT molecular complexity index is 451. The Labute approximate surface area is 98.0 Å². The van der Waals surface area contributed by atoms with Gasteiger partial charge in [0.05, 0.1) is 10.7 Å². The SMILES string of the molecule is Cc1nc(C2C(N)=NC(=O)N2C(C)C)cs1. The van der Waals surface area contributed by atoms with Crippen LogP contribution in [0.1, 0.15) is 30.6 Å². The molecule has 86 valence electrons. The summed E-state index contributed by atoms with van der Waals surface area (Å²) in [5.41, 5.74) is 6.60. The summed E-state index contributed by atoms with van der Waals surface area (Å²) in [6.45, 7) is 5.81. The number of urea groups is 1. The third-order valence-corrected chi connectivity index (χ3v) is 3.27. The van der Waals surface area contributed by atoms with Crippen LogP contribution in [0.15, 0.2) is 10.4 Å². The molecule has 0 aromatic carbocycles. The molecule has 1 aromatic heterocycles. The van der Waals surface area contributed by atoms with Crippen molar-refractivity contribution in [3.63, 3.8) is 0 Å². The maximum absolute atomic E-state index is 11.7. The molecular formula is C10H14N4OS. The lowest BCUT2D eigenvalue weighted by molar-refractivity contribution is 0.189. The Hall–Kier alpha value is -1.43. The fraction of sp³-hybridized carbons (Fsp3) is 0.500. The molecule has 2 heterocycles. The van der Waals surface area contributed by atoms with Crippen molar-refractivity contribution in [2.45, 2.75) is 32.9 Å². The number of carbonyl (C=O) groups is 1. The summed E-state index contributed by atoms with van der Waals surface area (Å²) in [5, 5.41) is 2.89. The summed E-state index contributed by atoms with van der Waals surface area (Å²) < 4.78 is 0. The van der Waals surface area contributed by atoms with E-state index in [4.69, 9.17) is 5.73 Å².